The average Bonchev–Trinajstić information content (AvgIpc) is 2.52. The largest absolute Gasteiger partial charge is 0.394 e. The van der Waals surface area contributed by atoms with Crippen molar-refractivity contribution in [2.45, 2.75) is 0 Å². The molecule has 2 rings (SSSR count). The van der Waals surface area contributed by atoms with Gasteiger partial charge in [-0.2, -0.15) is 5.10 Å². The standard InChI is InChI=1S/C14H14Cl2N4O3/c1-19-13(22)7-12(18-14(19)23)20(4-5-21)17-8-9-2-3-10(15)11(16)6-9/h2-3,6-8,21H,4-5H2,1H3,(H,18,23). The summed E-state index contributed by atoms with van der Waals surface area (Å²) in [4.78, 5) is 25.9. The van der Waals surface area contributed by atoms with Crippen LogP contribution in [-0.2, 0) is 7.05 Å². The van der Waals surface area contributed by atoms with Crippen LogP contribution in [-0.4, -0.2) is 34.0 Å². The first-order valence-electron chi connectivity index (χ1n) is 6.60. The van der Waals surface area contributed by atoms with E-state index in [9.17, 15) is 9.59 Å². The van der Waals surface area contributed by atoms with Gasteiger partial charge < -0.3 is 5.11 Å². The highest BCUT2D eigenvalue weighted by molar-refractivity contribution is 6.42. The molecule has 1 aromatic heterocycles. The SMILES string of the molecule is Cn1c(=O)cc(N(CCO)N=Cc2ccc(Cl)c(Cl)c2)[nH]c1=O. The number of aliphatic hydroxyl groups excluding tert-OH is 1. The normalized spacial score (nSPS) is 11.1. The van der Waals surface area contributed by atoms with Crippen LogP contribution in [0.1, 0.15) is 5.56 Å². The van der Waals surface area contributed by atoms with Gasteiger partial charge in [-0.25, -0.2) is 9.80 Å². The molecule has 0 amide bonds. The lowest BCUT2D eigenvalue weighted by Gasteiger charge is -2.17. The topological polar surface area (TPSA) is 90.7 Å². The maximum atomic E-state index is 11.7. The molecule has 0 saturated heterocycles. The summed E-state index contributed by atoms with van der Waals surface area (Å²) in [6.07, 6.45) is 1.48. The minimum absolute atomic E-state index is 0.0981. The number of hydrogen-bond donors (Lipinski definition) is 2. The van der Waals surface area contributed by atoms with Crippen LogP contribution in [0.25, 0.3) is 0 Å². The van der Waals surface area contributed by atoms with Gasteiger partial charge in [0.05, 0.1) is 29.4 Å². The van der Waals surface area contributed by atoms with Gasteiger partial charge in [-0.05, 0) is 17.7 Å². The number of anilines is 1. The Morgan fingerprint density at radius 1 is 1.30 bits per heavy atom. The van der Waals surface area contributed by atoms with Crippen LogP contribution in [0.2, 0.25) is 10.0 Å². The van der Waals surface area contributed by atoms with Crippen LogP contribution in [0.5, 0.6) is 0 Å². The molecule has 0 fully saturated rings. The maximum absolute atomic E-state index is 11.7. The van der Waals surface area contributed by atoms with Gasteiger partial charge in [0.15, 0.2) is 0 Å². The Morgan fingerprint density at radius 3 is 2.65 bits per heavy atom. The molecule has 23 heavy (non-hydrogen) atoms. The van der Waals surface area contributed by atoms with E-state index in [0.29, 0.717) is 15.6 Å². The molecule has 122 valence electrons. The van der Waals surface area contributed by atoms with Crippen molar-refractivity contribution in [3.8, 4) is 0 Å². The zero-order valence-electron chi connectivity index (χ0n) is 12.2. The molecule has 0 aliphatic carbocycles. The monoisotopic (exact) mass is 356 g/mol. The fraction of sp³-hybridized carbons (Fsp3) is 0.214. The quantitative estimate of drug-likeness (QED) is 0.622. The second-order valence-corrected chi connectivity index (χ2v) is 5.44. The molecule has 7 nitrogen and oxygen atoms in total. The summed E-state index contributed by atoms with van der Waals surface area (Å²) in [7, 11) is 1.36. The third kappa shape index (κ3) is 4.22. The summed E-state index contributed by atoms with van der Waals surface area (Å²) in [5.74, 6) is 0.184. The van der Waals surface area contributed by atoms with Crippen LogP contribution in [0.15, 0.2) is 39.0 Å². The fourth-order valence-corrected chi connectivity index (χ4v) is 2.05. The summed E-state index contributed by atoms with van der Waals surface area (Å²) in [6.45, 7) is -0.114. The third-order valence-corrected chi connectivity index (χ3v) is 3.75. The molecule has 0 atom stereocenters. The summed E-state index contributed by atoms with van der Waals surface area (Å²) < 4.78 is 0.934. The Bertz CT molecular complexity index is 813. The number of halogens is 2. The minimum atomic E-state index is -0.569. The molecule has 2 aromatic rings. The predicted molar refractivity (Wildman–Crippen MR) is 90.8 cm³/mol. The van der Waals surface area contributed by atoms with Crippen LogP contribution in [0.3, 0.4) is 0 Å². The Labute approximate surface area is 141 Å². The zero-order valence-corrected chi connectivity index (χ0v) is 13.7. The van der Waals surface area contributed by atoms with Gasteiger partial charge in [-0.15, -0.1) is 0 Å². The van der Waals surface area contributed by atoms with Crippen molar-refractivity contribution in [3.63, 3.8) is 0 Å². The van der Waals surface area contributed by atoms with E-state index >= 15 is 0 Å². The second-order valence-electron chi connectivity index (χ2n) is 4.62. The van der Waals surface area contributed by atoms with Gasteiger partial charge in [-0.1, -0.05) is 29.3 Å². The molecule has 0 spiro atoms. The first-order chi connectivity index (χ1) is 10.9. The van der Waals surface area contributed by atoms with Crippen molar-refractivity contribution in [2.75, 3.05) is 18.2 Å². The zero-order chi connectivity index (χ0) is 17.0. The smallest absolute Gasteiger partial charge is 0.329 e. The van der Waals surface area contributed by atoms with Crippen molar-refractivity contribution >= 4 is 35.2 Å². The van der Waals surface area contributed by atoms with Gasteiger partial charge in [0, 0.05) is 13.1 Å². The van der Waals surface area contributed by atoms with E-state index < -0.39 is 11.2 Å². The van der Waals surface area contributed by atoms with Crippen LogP contribution in [0.4, 0.5) is 5.82 Å². The highest BCUT2D eigenvalue weighted by atomic mass is 35.5. The molecule has 0 aliphatic heterocycles. The van der Waals surface area contributed by atoms with Crippen LogP contribution < -0.4 is 16.3 Å². The van der Waals surface area contributed by atoms with Gasteiger partial charge in [0.25, 0.3) is 5.56 Å². The average molecular weight is 357 g/mol. The van der Waals surface area contributed by atoms with Gasteiger partial charge in [0.2, 0.25) is 0 Å². The van der Waals surface area contributed by atoms with Crippen molar-refractivity contribution in [2.24, 2.45) is 12.1 Å². The minimum Gasteiger partial charge on any atom is -0.394 e. The molecule has 1 heterocycles. The van der Waals surface area contributed by atoms with E-state index in [-0.39, 0.29) is 19.0 Å². The van der Waals surface area contributed by atoms with Gasteiger partial charge in [-0.3, -0.25) is 14.3 Å². The van der Waals surface area contributed by atoms with E-state index in [4.69, 9.17) is 28.3 Å². The molecule has 0 radical (unpaired) electrons. The number of hydrazone groups is 1. The highest BCUT2D eigenvalue weighted by Gasteiger charge is 2.08. The van der Waals surface area contributed by atoms with Crippen molar-refractivity contribution < 1.29 is 5.11 Å². The number of rotatable bonds is 5. The molecular weight excluding hydrogens is 343 g/mol. The van der Waals surface area contributed by atoms with Gasteiger partial charge >= 0.3 is 5.69 Å². The number of H-pyrrole nitrogens is 1. The number of hydrogen-bond acceptors (Lipinski definition) is 5. The van der Waals surface area contributed by atoms with E-state index in [2.05, 4.69) is 10.1 Å². The lowest BCUT2D eigenvalue weighted by Crippen LogP contribution is -2.35. The summed E-state index contributed by atoms with van der Waals surface area (Å²) in [6, 6.07) is 6.18. The van der Waals surface area contributed by atoms with E-state index in [1.165, 1.54) is 24.3 Å². The molecule has 0 bridgehead atoms. The first kappa shape index (κ1) is 17.3. The fourth-order valence-electron chi connectivity index (χ4n) is 1.75. The summed E-state index contributed by atoms with van der Waals surface area (Å²) in [5, 5.41) is 15.4. The Balaban J connectivity index is 2.35. The van der Waals surface area contributed by atoms with E-state index in [0.717, 1.165) is 4.57 Å². The summed E-state index contributed by atoms with van der Waals surface area (Å²) in [5.41, 5.74) is -0.370. The molecule has 2 N–H and O–H groups in total. The number of nitrogens with one attached hydrogen (secondary N) is 1. The molecule has 0 aliphatic rings. The molecule has 9 heteroatoms. The Morgan fingerprint density at radius 2 is 2.04 bits per heavy atom. The molecule has 0 saturated carbocycles. The van der Waals surface area contributed by atoms with Crippen molar-refractivity contribution in [3.05, 3.63) is 60.7 Å². The lowest BCUT2D eigenvalue weighted by molar-refractivity contribution is 0.302. The number of aliphatic hydroxyl groups is 1. The number of aromatic nitrogens is 2. The molecule has 0 unspecified atom stereocenters. The highest BCUT2D eigenvalue weighted by Crippen LogP contribution is 2.21. The number of benzene rings is 1. The van der Waals surface area contributed by atoms with Crippen molar-refractivity contribution in [1.29, 1.82) is 0 Å². The third-order valence-electron chi connectivity index (χ3n) is 3.01. The number of aromatic amines is 1. The van der Waals surface area contributed by atoms with E-state index in [1.54, 1.807) is 18.2 Å². The number of nitrogens with zero attached hydrogens (tertiary/aromatic N) is 3. The molecule has 1 aromatic carbocycles. The summed E-state index contributed by atoms with van der Waals surface area (Å²) >= 11 is 11.8. The Kier molecular flexibility index (Phi) is 5.59. The Hall–Kier alpha value is -2.09. The van der Waals surface area contributed by atoms with E-state index in [1.807, 2.05) is 0 Å². The van der Waals surface area contributed by atoms with Crippen molar-refractivity contribution in [1.82, 2.24) is 9.55 Å². The predicted octanol–water partition coefficient (Wildman–Crippen LogP) is 1.21. The van der Waals surface area contributed by atoms with Crippen LogP contribution >= 0.6 is 23.2 Å². The first-order valence-corrected chi connectivity index (χ1v) is 7.35. The van der Waals surface area contributed by atoms with Gasteiger partial charge in [0.1, 0.15) is 5.82 Å². The second kappa shape index (κ2) is 7.45. The van der Waals surface area contributed by atoms with Crippen LogP contribution in [0, 0.1) is 0 Å². The lowest BCUT2D eigenvalue weighted by atomic mass is 10.2. The molecular formula is C14H14Cl2N4O3. The maximum Gasteiger partial charge on any atom is 0.329 e.